The number of aromatic nitrogens is 2. The van der Waals surface area contributed by atoms with E-state index in [1.165, 1.54) is 0 Å². The van der Waals surface area contributed by atoms with Crippen molar-refractivity contribution in [2.75, 3.05) is 19.7 Å². The number of pyridine rings is 1. The molecule has 7 heteroatoms. The van der Waals surface area contributed by atoms with Gasteiger partial charge in [0, 0.05) is 22.8 Å². The highest BCUT2D eigenvalue weighted by Crippen LogP contribution is 2.25. The minimum Gasteiger partial charge on any atom is -0.368 e. The van der Waals surface area contributed by atoms with Crippen molar-refractivity contribution in [3.8, 4) is 0 Å². The molecule has 3 aromatic rings. The van der Waals surface area contributed by atoms with Gasteiger partial charge in [-0.05, 0) is 56.5 Å². The smallest absolute Gasteiger partial charge is 0.227 e. The Morgan fingerprint density at radius 1 is 1.23 bits per heavy atom. The Morgan fingerprint density at radius 3 is 2.77 bits per heavy atom. The Kier molecular flexibility index (Phi) is 6.39. The monoisotopic (exact) mass is 439 g/mol. The average Bonchev–Trinajstić information content (AvgIpc) is 3.07. The first-order valence-corrected chi connectivity index (χ1v) is 10.8. The Labute approximate surface area is 187 Å². The molecule has 3 heterocycles. The maximum atomic E-state index is 12.9. The second kappa shape index (κ2) is 9.20. The SMILES string of the molecule is Cc1cc(Cc2ccccc2Cl)cc(C2CN(C(=O)Cc3c(C)noc3C)CCO2)n1. The van der Waals surface area contributed by atoms with Gasteiger partial charge in [0.25, 0.3) is 0 Å². The maximum Gasteiger partial charge on any atom is 0.227 e. The molecule has 2 aromatic heterocycles. The highest BCUT2D eigenvalue weighted by atomic mass is 35.5. The molecule has 0 bridgehead atoms. The topological polar surface area (TPSA) is 68.5 Å². The van der Waals surface area contributed by atoms with Crippen LogP contribution in [-0.4, -0.2) is 40.6 Å². The van der Waals surface area contributed by atoms with E-state index in [-0.39, 0.29) is 18.4 Å². The lowest BCUT2D eigenvalue weighted by atomic mass is 10.0. The Hall–Kier alpha value is -2.70. The fourth-order valence-corrected chi connectivity index (χ4v) is 4.17. The first kappa shape index (κ1) is 21.5. The van der Waals surface area contributed by atoms with Crippen molar-refractivity contribution in [2.45, 2.75) is 39.7 Å². The molecule has 6 nitrogen and oxygen atoms in total. The minimum absolute atomic E-state index is 0.0478. The van der Waals surface area contributed by atoms with E-state index >= 15 is 0 Å². The quantitative estimate of drug-likeness (QED) is 0.590. The number of morpholine rings is 1. The third-order valence-corrected chi connectivity index (χ3v) is 6.01. The van der Waals surface area contributed by atoms with Gasteiger partial charge < -0.3 is 14.2 Å². The molecule has 1 atom stereocenters. The van der Waals surface area contributed by atoms with Gasteiger partial charge >= 0.3 is 0 Å². The number of nitrogens with zero attached hydrogens (tertiary/aromatic N) is 3. The molecule has 1 aromatic carbocycles. The number of carbonyl (C=O) groups is 1. The van der Waals surface area contributed by atoms with Crippen LogP contribution in [0.4, 0.5) is 0 Å². The zero-order valence-corrected chi connectivity index (χ0v) is 18.8. The van der Waals surface area contributed by atoms with E-state index in [9.17, 15) is 4.79 Å². The van der Waals surface area contributed by atoms with Crippen LogP contribution in [0.25, 0.3) is 0 Å². The van der Waals surface area contributed by atoms with E-state index in [2.05, 4.69) is 17.3 Å². The number of carbonyl (C=O) groups excluding carboxylic acids is 1. The highest BCUT2D eigenvalue weighted by molar-refractivity contribution is 6.31. The summed E-state index contributed by atoms with van der Waals surface area (Å²) in [4.78, 5) is 19.5. The van der Waals surface area contributed by atoms with Crippen molar-refractivity contribution in [3.63, 3.8) is 0 Å². The Bertz CT molecular complexity index is 1080. The summed E-state index contributed by atoms with van der Waals surface area (Å²) < 4.78 is 11.2. The van der Waals surface area contributed by atoms with Crippen LogP contribution < -0.4 is 0 Å². The van der Waals surface area contributed by atoms with Gasteiger partial charge in [-0.1, -0.05) is 35.0 Å². The van der Waals surface area contributed by atoms with Crippen molar-refractivity contribution in [1.29, 1.82) is 0 Å². The molecule has 0 spiro atoms. The molecule has 0 radical (unpaired) electrons. The fourth-order valence-electron chi connectivity index (χ4n) is 3.97. The largest absolute Gasteiger partial charge is 0.368 e. The fraction of sp³-hybridized carbons (Fsp3) is 0.375. The van der Waals surface area contributed by atoms with Crippen molar-refractivity contribution in [3.05, 3.63) is 81.0 Å². The van der Waals surface area contributed by atoms with Gasteiger partial charge in [-0.3, -0.25) is 9.78 Å². The summed E-state index contributed by atoms with van der Waals surface area (Å²) in [6, 6.07) is 12.0. The van der Waals surface area contributed by atoms with Crippen LogP contribution in [-0.2, 0) is 22.4 Å². The molecule has 0 N–H and O–H groups in total. The number of hydrogen-bond donors (Lipinski definition) is 0. The second-order valence-corrected chi connectivity index (χ2v) is 8.40. The van der Waals surface area contributed by atoms with E-state index < -0.39 is 0 Å². The number of amides is 1. The summed E-state index contributed by atoms with van der Waals surface area (Å²) in [5.41, 5.74) is 5.59. The van der Waals surface area contributed by atoms with E-state index in [0.29, 0.717) is 25.5 Å². The molecular formula is C24H26ClN3O3. The van der Waals surface area contributed by atoms with Crippen molar-refractivity contribution >= 4 is 17.5 Å². The van der Waals surface area contributed by atoms with Gasteiger partial charge in [0.15, 0.2) is 0 Å². The third-order valence-electron chi connectivity index (χ3n) is 5.64. The lowest BCUT2D eigenvalue weighted by Crippen LogP contribution is -2.43. The van der Waals surface area contributed by atoms with Crippen LogP contribution >= 0.6 is 11.6 Å². The number of aryl methyl sites for hydroxylation is 3. The molecule has 1 aliphatic heterocycles. The highest BCUT2D eigenvalue weighted by Gasteiger charge is 2.28. The van der Waals surface area contributed by atoms with Crippen LogP contribution in [0, 0.1) is 20.8 Å². The van der Waals surface area contributed by atoms with E-state index in [1.54, 1.807) is 0 Å². The molecule has 1 amide bonds. The molecule has 1 unspecified atom stereocenters. The normalized spacial score (nSPS) is 16.5. The predicted octanol–water partition coefficient (Wildman–Crippen LogP) is 4.38. The number of hydrogen-bond acceptors (Lipinski definition) is 5. The van der Waals surface area contributed by atoms with E-state index in [1.807, 2.05) is 49.9 Å². The van der Waals surface area contributed by atoms with Gasteiger partial charge in [0.05, 0.1) is 31.0 Å². The minimum atomic E-state index is -0.257. The van der Waals surface area contributed by atoms with Gasteiger partial charge in [-0.15, -0.1) is 0 Å². The first-order valence-electron chi connectivity index (χ1n) is 10.4. The van der Waals surface area contributed by atoms with Crippen LogP contribution in [0.3, 0.4) is 0 Å². The maximum absolute atomic E-state index is 12.9. The van der Waals surface area contributed by atoms with E-state index in [0.717, 1.165) is 45.2 Å². The van der Waals surface area contributed by atoms with Crippen LogP contribution in [0.1, 0.15) is 45.6 Å². The summed E-state index contributed by atoms with van der Waals surface area (Å²) in [6.45, 7) is 7.19. The van der Waals surface area contributed by atoms with Gasteiger partial charge in [0.1, 0.15) is 11.9 Å². The second-order valence-electron chi connectivity index (χ2n) is 7.99. The van der Waals surface area contributed by atoms with Crippen molar-refractivity contribution < 1.29 is 14.1 Å². The van der Waals surface area contributed by atoms with Crippen LogP contribution in [0.15, 0.2) is 40.9 Å². The van der Waals surface area contributed by atoms with Gasteiger partial charge in [-0.2, -0.15) is 0 Å². The number of halogens is 1. The van der Waals surface area contributed by atoms with Crippen molar-refractivity contribution in [1.82, 2.24) is 15.0 Å². The number of ether oxygens (including phenoxy) is 1. The molecule has 162 valence electrons. The summed E-state index contributed by atoms with van der Waals surface area (Å²) in [5, 5.41) is 4.70. The summed E-state index contributed by atoms with van der Waals surface area (Å²) in [5.74, 6) is 0.742. The molecule has 0 saturated carbocycles. The Balaban J connectivity index is 1.49. The molecule has 0 aliphatic carbocycles. The number of rotatable bonds is 5. The molecule has 1 aliphatic rings. The number of benzene rings is 1. The zero-order valence-electron chi connectivity index (χ0n) is 18.0. The standard InChI is InChI=1S/C24H26ClN3O3/c1-15-10-18(11-19-6-4-5-7-21(19)25)12-22(26-15)23-14-28(8-9-30-23)24(29)13-20-16(2)27-31-17(20)3/h4-7,10,12,23H,8-9,11,13-14H2,1-3H3. The molecule has 1 fully saturated rings. The molecule has 1 saturated heterocycles. The van der Waals surface area contributed by atoms with Gasteiger partial charge in [-0.25, -0.2) is 0 Å². The molecule has 4 rings (SSSR count). The third kappa shape index (κ3) is 4.97. The molecular weight excluding hydrogens is 414 g/mol. The lowest BCUT2D eigenvalue weighted by molar-refractivity contribution is -0.138. The predicted molar refractivity (Wildman–Crippen MR) is 118 cm³/mol. The first-order chi connectivity index (χ1) is 14.9. The van der Waals surface area contributed by atoms with Crippen LogP contribution in [0.2, 0.25) is 5.02 Å². The Morgan fingerprint density at radius 2 is 2.03 bits per heavy atom. The molecule has 31 heavy (non-hydrogen) atoms. The lowest BCUT2D eigenvalue weighted by Gasteiger charge is -2.33. The van der Waals surface area contributed by atoms with Crippen molar-refractivity contribution in [2.24, 2.45) is 0 Å². The van der Waals surface area contributed by atoms with Gasteiger partial charge in [0.2, 0.25) is 5.91 Å². The summed E-state index contributed by atoms with van der Waals surface area (Å²) in [6.07, 6.45) is 0.747. The summed E-state index contributed by atoms with van der Waals surface area (Å²) in [7, 11) is 0. The zero-order chi connectivity index (χ0) is 22.0. The van der Waals surface area contributed by atoms with Crippen LogP contribution in [0.5, 0.6) is 0 Å². The average molecular weight is 440 g/mol. The van der Waals surface area contributed by atoms with E-state index in [4.69, 9.17) is 25.8 Å². The summed E-state index contributed by atoms with van der Waals surface area (Å²) >= 11 is 6.34.